The molecule has 0 radical (unpaired) electrons. The Morgan fingerprint density at radius 2 is 2.35 bits per heavy atom. The Kier molecular flexibility index (Phi) is 4.80. The summed E-state index contributed by atoms with van der Waals surface area (Å²) in [5.74, 6) is 0.850. The van der Waals surface area contributed by atoms with E-state index in [-0.39, 0.29) is 5.91 Å². The van der Waals surface area contributed by atoms with E-state index in [1.54, 1.807) is 22.2 Å². The van der Waals surface area contributed by atoms with Gasteiger partial charge in [-0.3, -0.25) is 9.48 Å². The quantitative estimate of drug-likeness (QED) is 0.846. The zero-order valence-corrected chi connectivity index (χ0v) is 14.9. The molecule has 1 aliphatic carbocycles. The predicted octanol–water partition coefficient (Wildman–Crippen LogP) is 2.82. The van der Waals surface area contributed by atoms with Crippen LogP contribution < -0.4 is 0 Å². The monoisotopic (exact) mass is 332 g/mol. The Morgan fingerprint density at radius 1 is 1.52 bits per heavy atom. The predicted molar refractivity (Wildman–Crippen MR) is 91.4 cm³/mol. The van der Waals surface area contributed by atoms with Crippen molar-refractivity contribution in [1.29, 1.82) is 0 Å². The van der Waals surface area contributed by atoms with Crippen LogP contribution in [0.1, 0.15) is 41.5 Å². The van der Waals surface area contributed by atoms with Gasteiger partial charge >= 0.3 is 0 Å². The van der Waals surface area contributed by atoms with Crippen molar-refractivity contribution in [1.82, 2.24) is 19.7 Å². The summed E-state index contributed by atoms with van der Waals surface area (Å²) in [7, 11) is 0. The fraction of sp³-hybridized carbons (Fsp3) is 0.588. The van der Waals surface area contributed by atoms with Gasteiger partial charge in [0.15, 0.2) is 0 Å². The highest BCUT2D eigenvalue weighted by molar-refractivity contribution is 7.11. The van der Waals surface area contributed by atoms with Gasteiger partial charge in [-0.05, 0) is 45.1 Å². The Balaban J connectivity index is 1.67. The van der Waals surface area contributed by atoms with E-state index < -0.39 is 0 Å². The van der Waals surface area contributed by atoms with E-state index in [0.717, 1.165) is 29.5 Å². The molecule has 0 saturated carbocycles. The zero-order valence-electron chi connectivity index (χ0n) is 14.1. The van der Waals surface area contributed by atoms with Crippen LogP contribution in [0.3, 0.4) is 0 Å². The van der Waals surface area contributed by atoms with E-state index in [2.05, 4.69) is 12.0 Å². The lowest BCUT2D eigenvalue weighted by molar-refractivity contribution is -0.132. The van der Waals surface area contributed by atoms with Crippen LogP contribution in [0.4, 0.5) is 0 Å². The number of rotatable bonds is 5. The van der Waals surface area contributed by atoms with Crippen molar-refractivity contribution in [2.45, 2.75) is 53.1 Å². The summed E-state index contributed by atoms with van der Waals surface area (Å²) in [4.78, 5) is 20.6. The van der Waals surface area contributed by atoms with Crippen LogP contribution in [-0.4, -0.2) is 32.1 Å². The molecule has 0 saturated heterocycles. The first-order chi connectivity index (χ1) is 11.1. The summed E-state index contributed by atoms with van der Waals surface area (Å²) in [5, 5.41) is 5.26. The minimum Gasteiger partial charge on any atom is -0.335 e. The van der Waals surface area contributed by atoms with E-state index in [4.69, 9.17) is 4.98 Å². The van der Waals surface area contributed by atoms with Gasteiger partial charge in [0.2, 0.25) is 5.91 Å². The van der Waals surface area contributed by atoms with Gasteiger partial charge in [-0.1, -0.05) is 6.92 Å². The minimum atomic E-state index is 0.0980. The van der Waals surface area contributed by atoms with E-state index in [9.17, 15) is 4.79 Å². The van der Waals surface area contributed by atoms with Crippen LogP contribution in [0.25, 0.3) is 0 Å². The van der Waals surface area contributed by atoms with Gasteiger partial charge in [0.05, 0.1) is 12.2 Å². The largest absolute Gasteiger partial charge is 0.335 e. The number of aryl methyl sites for hydroxylation is 2. The maximum absolute atomic E-state index is 12.5. The number of fused-ring (bicyclic) bond motifs is 1. The number of aromatic nitrogens is 3. The molecule has 5 nitrogen and oxygen atoms in total. The van der Waals surface area contributed by atoms with Crippen molar-refractivity contribution < 1.29 is 4.79 Å². The number of carbonyl (C=O) groups is 1. The topological polar surface area (TPSA) is 51.0 Å². The smallest absolute Gasteiger partial charge is 0.244 e. The number of hydrogen-bond acceptors (Lipinski definition) is 4. The number of thiazole rings is 1. The van der Waals surface area contributed by atoms with Crippen molar-refractivity contribution >= 4 is 17.2 Å². The maximum Gasteiger partial charge on any atom is 0.244 e. The molecule has 1 atom stereocenters. The van der Waals surface area contributed by atoms with Crippen LogP contribution in [-0.2, 0) is 30.7 Å². The Bertz CT molecular complexity index is 691. The number of hydrogen-bond donors (Lipinski definition) is 0. The first-order valence-electron chi connectivity index (χ1n) is 8.30. The average molecular weight is 332 g/mol. The summed E-state index contributed by atoms with van der Waals surface area (Å²) in [6.45, 7) is 7.89. The van der Waals surface area contributed by atoms with E-state index in [1.807, 2.05) is 24.8 Å². The molecule has 0 N–H and O–H groups in total. The summed E-state index contributed by atoms with van der Waals surface area (Å²) in [5.41, 5.74) is 2.27. The molecule has 0 aliphatic heterocycles. The summed E-state index contributed by atoms with van der Waals surface area (Å²) in [6.07, 6.45) is 5.18. The molecule has 1 unspecified atom stereocenters. The van der Waals surface area contributed by atoms with Crippen molar-refractivity contribution in [3.05, 3.63) is 33.5 Å². The normalized spacial score (nSPS) is 17.1. The lowest BCUT2D eigenvalue weighted by atomic mass is 9.93. The Labute approximate surface area is 141 Å². The molecule has 23 heavy (non-hydrogen) atoms. The molecule has 1 amide bonds. The molecule has 1 aliphatic rings. The maximum atomic E-state index is 12.5. The van der Waals surface area contributed by atoms with Crippen molar-refractivity contribution in [3.8, 4) is 0 Å². The SMILES string of the molecule is CCN(Cc1nc2c(s1)CC(C)CC2)C(=O)Cn1nccc1C. The molecule has 3 rings (SSSR count). The molecule has 6 heteroatoms. The number of amides is 1. The van der Waals surface area contributed by atoms with E-state index >= 15 is 0 Å². The molecular weight excluding hydrogens is 308 g/mol. The average Bonchev–Trinajstić information content (AvgIpc) is 3.10. The van der Waals surface area contributed by atoms with Gasteiger partial charge in [0.1, 0.15) is 11.6 Å². The molecule has 2 heterocycles. The summed E-state index contributed by atoms with van der Waals surface area (Å²) in [6, 6.07) is 1.92. The first-order valence-corrected chi connectivity index (χ1v) is 9.12. The number of carbonyl (C=O) groups excluding carboxylic acids is 1. The van der Waals surface area contributed by atoms with Gasteiger partial charge in [0.25, 0.3) is 0 Å². The third kappa shape index (κ3) is 3.63. The number of nitrogens with zero attached hydrogens (tertiary/aromatic N) is 4. The van der Waals surface area contributed by atoms with Gasteiger partial charge in [-0.25, -0.2) is 4.98 Å². The highest BCUT2D eigenvalue weighted by atomic mass is 32.1. The summed E-state index contributed by atoms with van der Waals surface area (Å²) >= 11 is 1.78. The standard InChI is InChI=1S/C17H24N4OS/c1-4-20(17(22)11-21-13(3)7-8-18-21)10-16-19-14-6-5-12(2)9-15(14)23-16/h7-8,12H,4-6,9-11H2,1-3H3. The molecule has 2 aromatic rings. The van der Waals surface area contributed by atoms with Crippen LogP contribution in [0, 0.1) is 12.8 Å². The fourth-order valence-corrected chi connectivity index (χ4v) is 4.29. The Morgan fingerprint density at radius 3 is 3.04 bits per heavy atom. The first kappa shape index (κ1) is 16.2. The second-order valence-corrected chi connectivity index (χ2v) is 7.53. The van der Waals surface area contributed by atoms with Crippen LogP contribution in [0.15, 0.2) is 12.3 Å². The molecule has 0 aromatic carbocycles. The second-order valence-electron chi connectivity index (χ2n) is 6.36. The lowest BCUT2D eigenvalue weighted by Gasteiger charge is -2.20. The number of likely N-dealkylation sites (N-methyl/N-ethyl adjacent to an activating group) is 1. The van der Waals surface area contributed by atoms with Crippen molar-refractivity contribution in [3.63, 3.8) is 0 Å². The van der Waals surface area contributed by atoms with E-state index in [0.29, 0.717) is 19.6 Å². The molecule has 124 valence electrons. The minimum absolute atomic E-state index is 0.0980. The fourth-order valence-electron chi connectivity index (χ4n) is 2.99. The second kappa shape index (κ2) is 6.83. The summed E-state index contributed by atoms with van der Waals surface area (Å²) < 4.78 is 1.75. The molecule has 0 fully saturated rings. The zero-order chi connectivity index (χ0) is 16.4. The van der Waals surface area contributed by atoms with Gasteiger partial charge in [-0.2, -0.15) is 5.10 Å². The van der Waals surface area contributed by atoms with Crippen LogP contribution in [0.5, 0.6) is 0 Å². The van der Waals surface area contributed by atoms with Crippen molar-refractivity contribution in [2.75, 3.05) is 6.54 Å². The highest BCUT2D eigenvalue weighted by Gasteiger charge is 2.21. The molecular formula is C17H24N4OS. The molecule has 0 bridgehead atoms. The van der Waals surface area contributed by atoms with Crippen molar-refractivity contribution in [2.24, 2.45) is 5.92 Å². The van der Waals surface area contributed by atoms with Gasteiger partial charge in [0, 0.05) is 23.3 Å². The molecule has 2 aromatic heterocycles. The third-order valence-electron chi connectivity index (χ3n) is 4.50. The van der Waals surface area contributed by atoms with Gasteiger partial charge in [-0.15, -0.1) is 11.3 Å². The third-order valence-corrected chi connectivity index (χ3v) is 5.61. The van der Waals surface area contributed by atoms with E-state index in [1.165, 1.54) is 17.0 Å². The van der Waals surface area contributed by atoms with Crippen LogP contribution >= 0.6 is 11.3 Å². The van der Waals surface area contributed by atoms with Gasteiger partial charge < -0.3 is 4.90 Å². The Hall–Kier alpha value is -1.69. The molecule has 0 spiro atoms. The lowest BCUT2D eigenvalue weighted by Crippen LogP contribution is -2.33. The van der Waals surface area contributed by atoms with Crippen LogP contribution in [0.2, 0.25) is 0 Å². The highest BCUT2D eigenvalue weighted by Crippen LogP contribution is 2.30.